The number of hydrogen-bond acceptors (Lipinski definition) is 10. The van der Waals surface area contributed by atoms with Gasteiger partial charge in [-0.05, 0) is 44.9 Å². The van der Waals surface area contributed by atoms with E-state index in [1.165, 1.54) is 116 Å². The van der Waals surface area contributed by atoms with Crippen LogP contribution in [0, 0.1) is 0 Å². The van der Waals surface area contributed by atoms with Gasteiger partial charge in [0.1, 0.15) is 24.4 Å². The van der Waals surface area contributed by atoms with Gasteiger partial charge in [-0.25, -0.2) is 0 Å². The fraction of sp³-hybridized carbons (Fsp3) is 0.738. The van der Waals surface area contributed by atoms with Gasteiger partial charge in [0.25, 0.3) is 0 Å². The molecule has 1 aliphatic heterocycles. The molecular weight excluding hydrogens is 907 g/mol. The maximum Gasteiger partial charge on any atom is 0.306 e. The molecule has 0 bridgehead atoms. The topological polar surface area (TPSA) is 175 Å². The van der Waals surface area contributed by atoms with Gasteiger partial charge in [-0.15, -0.1) is 0 Å². The Hall–Kier alpha value is -3.16. The van der Waals surface area contributed by atoms with Gasteiger partial charge in [0.2, 0.25) is 5.91 Å². The first-order valence-corrected chi connectivity index (χ1v) is 28.9. The predicted octanol–water partition coefficient (Wildman–Crippen LogP) is 13.0. The first-order chi connectivity index (χ1) is 35.2. The maximum absolute atomic E-state index is 13.4. The number of hydrogen-bond donors (Lipinski definition) is 6. The van der Waals surface area contributed by atoms with Crippen LogP contribution in [0.3, 0.4) is 0 Å². The number of carbonyl (C=O) groups excluding carboxylic acids is 2. The van der Waals surface area contributed by atoms with Crippen molar-refractivity contribution >= 4 is 11.9 Å². The van der Waals surface area contributed by atoms with E-state index in [0.717, 1.165) is 64.2 Å². The molecule has 6 N–H and O–H groups in total. The monoisotopic (exact) mass is 1010 g/mol. The van der Waals surface area contributed by atoms with Crippen molar-refractivity contribution in [2.45, 2.75) is 275 Å². The highest BCUT2D eigenvalue weighted by Gasteiger charge is 2.47. The van der Waals surface area contributed by atoms with Crippen LogP contribution < -0.4 is 5.32 Å². The zero-order valence-electron chi connectivity index (χ0n) is 45.5. The lowest BCUT2D eigenvalue weighted by atomic mass is 9.99. The number of allylic oxidation sites excluding steroid dienone is 13. The Bertz CT molecular complexity index is 1490. The molecule has 0 aromatic carbocycles. The second-order valence-electron chi connectivity index (χ2n) is 19.8. The summed E-state index contributed by atoms with van der Waals surface area (Å²) in [6.07, 6.45) is 51.9. The van der Waals surface area contributed by atoms with E-state index in [9.17, 15) is 35.1 Å². The van der Waals surface area contributed by atoms with Crippen molar-refractivity contribution in [3.05, 3.63) is 85.1 Å². The maximum atomic E-state index is 13.4. The lowest BCUT2D eigenvalue weighted by molar-refractivity contribution is -0.305. The van der Waals surface area contributed by atoms with Crippen LogP contribution in [0.5, 0.6) is 0 Å². The van der Waals surface area contributed by atoms with Gasteiger partial charge in [-0.1, -0.05) is 260 Å². The van der Waals surface area contributed by atoms with Crippen LogP contribution in [-0.2, 0) is 23.8 Å². The number of aliphatic hydroxyl groups excluding tert-OH is 5. The first-order valence-electron chi connectivity index (χ1n) is 28.9. The number of amides is 1. The molecule has 0 saturated carbocycles. The summed E-state index contributed by atoms with van der Waals surface area (Å²) in [5, 5.41) is 56.8. The Balaban J connectivity index is 2.77. The average Bonchev–Trinajstić information content (AvgIpc) is 3.38. The Kier molecular flexibility index (Phi) is 45.3. The van der Waals surface area contributed by atoms with Gasteiger partial charge in [0, 0.05) is 6.42 Å². The standard InChI is InChI=1S/C61H105NO10/c1-4-7-10-13-16-19-22-25-27-29-30-33-36-39-42-45-48-54(65)60(69)62-52(53(64)47-44-41-38-35-32-24-21-18-15-12-9-6-3)51-70-61-59(58(68)57(67)55(50-63)71-61)72-56(66)49-46-43-40-37-34-31-28-26-23-20-17-14-11-8-5-2/h7,10,13,16,19,22,25,27,29-30,33,36,44,47,52-55,57-59,61,63-65,67-68H,4-6,8-9,11-12,14-15,17-18,20-21,23-24,26,28,31-32,34-35,37-43,45-46,48-51H2,1-3H3,(H,62,69)/b10-7-,16-13+,22-19+,27-25-,30-29+,36-33+,47-44+. The van der Waals surface area contributed by atoms with Crippen molar-refractivity contribution in [1.82, 2.24) is 5.32 Å². The van der Waals surface area contributed by atoms with Crippen molar-refractivity contribution in [2.24, 2.45) is 0 Å². The van der Waals surface area contributed by atoms with Crippen molar-refractivity contribution in [3.8, 4) is 0 Å². The molecule has 1 rings (SSSR count). The fourth-order valence-electron chi connectivity index (χ4n) is 8.62. The zero-order valence-corrected chi connectivity index (χ0v) is 45.5. The highest BCUT2D eigenvalue weighted by Crippen LogP contribution is 2.26. The van der Waals surface area contributed by atoms with Crippen molar-refractivity contribution in [1.29, 1.82) is 0 Å². The lowest BCUT2D eigenvalue weighted by Gasteiger charge is -2.41. The molecule has 1 heterocycles. The van der Waals surface area contributed by atoms with E-state index in [2.05, 4.69) is 32.2 Å². The minimum absolute atomic E-state index is 0.117. The number of rotatable bonds is 47. The molecule has 8 unspecified atom stereocenters. The van der Waals surface area contributed by atoms with E-state index >= 15 is 0 Å². The van der Waals surface area contributed by atoms with Gasteiger partial charge in [0.05, 0.1) is 25.4 Å². The molecule has 1 amide bonds. The Morgan fingerprint density at radius 3 is 1.50 bits per heavy atom. The molecule has 414 valence electrons. The highest BCUT2D eigenvalue weighted by atomic mass is 16.7. The van der Waals surface area contributed by atoms with Crippen LogP contribution in [0.1, 0.15) is 226 Å². The molecule has 0 aromatic rings. The second kappa shape index (κ2) is 48.8. The molecule has 0 aliphatic carbocycles. The summed E-state index contributed by atoms with van der Waals surface area (Å²) < 4.78 is 17.6. The molecule has 11 nitrogen and oxygen atoms in total. The van der Waals surface area contributed by atoms with Crippen LogP contribution in [0.2, 0.25) is 0 Å². The molecule has 1 fully saturated rings. The Morgan fingerprint density at radius 2 is 1.00 bits per heavy atom. The smallest absolute Gasteiger partial charge is 0.306 e. The third kappa shape index (κ3) is 36.7. The number of ether oxygens (including phenoxy) is 3. The van der Waals surface area contributed by atoms with Gasteiger partial charge in [-0.3, -0.25) is 9.59 Å². The first kappa shape index (κ1) is 66.9. The van der Waals surface area contributed by atoms with E-state index < -0.39 is 67.4 Å². The Morgan fingerprint density at radius 1 is 0.556 bits per heavy atom. The summed E-state index contributed by atoms with van der Waals surface area (Å²) >= 11 is 0. The lowest BCUT2D eigenvalue weighted by Crippen LogP contribution is -2.61. The van der Waals surface area contributed by atoms with Crippen LogP contribution >= 0.6 is 0 Å². The highest BCUT2D eigenvalue weighted by molar-refractivity contribution is 5.80. The van der Waals surface area contributed by atoms with Crippen LogP contribution in [0.4, 0.5) is 0 Å². The quantitative estimate of drug-likeness (QED) is 0.0149. The summed E-state index contributed by atoms with van der Waals surface area (Å²) in [4.78, 5) is 26.4. The Labute approximate surface area is 438 Å². The minimum Gasteiger partial charge on any atom is -0.454 e. The van der Waals surface area contributed by atoms with E-state index in [4.69, 9.17) is 14.2 Å². The van der Waals surface area contributed by atoms with E-state index in [-0.39, 0.29) is 19.4 Å². The summed E-state index contributed by atoms with van der Waals surface area (Å²) in [7, 11) is 0. The van der Waals surface area contributed by atoms with Crippen LogP contribution in [0.25, 0.3) is 0 Å². The molecule has 1 saturated heterocycles. The number of esters is 1. The number of nitrogens with one attached hydrogen (secondary N) is 1. The molecular formula is C61H105NO10. The van der Waals surface area contributed by atoms with Gasteiger partial charge in [-0.2, -0.15) is 0 Å². The third-order valence-electron chi connectivity index (χ3n) is 13.2. The molecule has 8 atom stereocenters. The average molecular weight is 1010 g/mol. The zero-order chi connectivity index (χ0) is 52.5. The molecule has 1 aliphatic rings. The predicted molar refractivity (Wildman–Crippen MR) is 296 cm³/mol. The minimum atomic E-state index is -1.62. The van der Waals surface area contributed by atoms with E-state index in [0.29, 0.717) is 12.8 Å². The summed E-state index contributed by atoms with van der Waals surface area (Å²) in [6.45, 7) is 5.60. The van der Waals surface area contributed by atoms with Crippen molar-refractivity contribution in [2.75, 3.05) is 13.2 Å². The van der Waals surface area contributed by atoms with Gasteiger partial charge < -0.3 is 45.1 Å². The molecule has 72 heavy (non-hydrogen) atoms. The summed E-state index contributed by atoms with van der Waals surface area (Å²) in [5.74, 6) is -1.24. The number of unbranched alkanes of at least 4 members (excludes halogenated alkanes) is 26. The number of carbonyl (C=O) groups is 2. The van der Waals surface area contributed by atoms with E-state index in [1.807, 2.05) is 72.9 Å². The van der Waals surface area contributed by atoms with Crippen molar-refractivity contribution < 1.29 is 49.3 Å². The van der Waals surface area contributed by atoms with Gasteiger partial charge in [0.15, 0.2) is 12.4 Å². The summed E-state index contributed by atoms with van der Waals surface area (Å²) in [6, 6.07) is -1.05. The van der Waals surface area contributed by atoms with E-state index in [1.54, 1.807) is 6.08 Å². The largest absolute Gasteiger partial charge is 0.454 e. The SMILES string of the molecule is CC\C=C/C=C/C=C/C=C\C=C\C=C\CCCCC(O)C(=O)NC(COC1OC(CO)C(O)C(O)C1OC(=O)CCCCCCCCCCCCCCCCC)C(O)/C=C/CCCCCCCCCCCC. The normalized spacial score (nSPS) is 20.1. The molecule has 0 aromatic heterocycles. The fourth-order valence-corrected chi connectivity index (χ4v) is 8.62. The molecule has 0 radical (unpaired) electrons. The van der Waals surface area contributed by atoms with Crippen LogP contribution in [0.15, 0.2) is 85.1 Å². The van der Waals surface area contributed by atoms with Gasteiger partial charge >= 0.3 is 5.97 Å². The second-order valence-corrected chi connectivity index (χ2v) is 19.8. The van der Waals surface area contributed by atoms with Crippen molar-refractivity contribution in [3.63, 3.8) is 0 Å². The molecule has 0 spiro atoms. The molecule has 11 heteroatoms. The third-order valence-corrected chi connectivity index (χ3v) is 13.2. The number of aliphatic hydroxyl groups is 5. The summed E-state index contributed by atoms with van der Waals surface area (Å²) in [5.41, 5.74) is 0. The van der Waals surface area contributed by atoms with Crippen LogP contribution in [-0.4, -0.2) is 99.6 Å².